The van der Waals surface area contributed by atoms with Crippen LogP contribution in [0.25, 0.3) is 11.1 Å². The summed E-state index contributed by atoms with van der Waals surface area (Å²) in [7, 11) is 0. The number of oxime groups is 1. The van der Waals surface area contributed by atoms with Crippen LogP contribution in [0.5, 0.6) is 0 Å². The van der Waals surface area contributed by atoms with E-state index in [1.807, 2.05) is 24.3 Å². The topological polar surface area (TPSA) is 50.7 Å². The van der Waals surface area contributed by atoms with Crippen molar-refractivity contribution in [1.82, 2.24) is 0 Å². The van der Waals surface area contributed by atoms with Gasteiger partial charge in [-0.1, -0.05) is 60.3 Å². The Kier molecular flexibility index (Phi) is 6.09. The molecule has 0 unspecified atom stereocenters. The highest BCUT2D eigenvalue weighted by molar-refractivity contribution is 6.24. The zero-order valence-electron chi connectivity index (χ0n) is 17.2. The van der Waals surface area contributed by atoms with Gasteiger partial charge in [0.2, 0.25) is 0 Å². The Bertz CT molecular complexity index is 853. The monoisotopic (exact) mass is 393 g/mol. The maximum atomic E-state index is 10.4. The van der Waals surface area contributed by atoms with Crippen LogP contribution in [-0.4, -0.2) is 62.8 Å². The number of nitrogens with one attached hydrogen (secondary N) is 2. The molecule has 0 aromatic heterocycles. The van der Waals surface area contributed by atoms with Gasteiger partial charge in [0.15, 0.2) is 0 Å². The zero-order valence-corrected chi connectivity index (χ0v) is 17.2. The molecular weight excluding hydrogens is 362 g/mol. The number of aliphatic hydroxyl groups excluding tert-OH is 1. The summed E-state index contributed by atoms with van der Waals surface area (Å²) in [6, 6.07) is 16.5. The highest BCUT2D eigenvalue weighted by Crippen LogP contribution is 2.36. The lowest BCUT2D eigenvalue weighted by molar-refractivity contribution is -1.01. The molecule has 1 heterocycles. The van der Waals surface area contributed by atoms with Crippen molar-refractivity contribution in [1.29, 1.82) is 0 Å². The Morgan fingerprint density at radius 1 is 0.966 bits per heavy atom. The molecule has 1 aliphatic heterocycles. The van der Waals surface area contributed by atoms with Crippen molar-refractivity contribution in [3.05, 3.63) is 71.8 Å². The number of quaternary nitrogens is 2. The fraction of sp³-hybridized carbons (Fsp3) is 0.375. The van der Waals surface area contributed by atoms with Gasteiger partial charge in [-0.2, -0.15) is 0 Å². The minimum Gasteiger partial charge on any atom is -0.392 e. The minimum atomic E-state index is -0.510. The second-order valence-corrected chi connectivity index (χ2v) is 8.32. The molecule has 3 N–H and O–H groups in total. The standard InChI is InChI=1S/C24H29N3O2/c1-18(2)15-26-11-13-27(14-12-26)16-19(28)17-29-25-24-22-9-5-3-7-20(22)21-8-4-6-10-23(21)24/h3-10,19,28H,1,11-17H2,2H3/p+2/t19-/m0/s1. The first-order valence-electron chi connectivity index (χ1n) is 10.5. The van der Waals surface area contributed by atoms with Crippen LogP contribution < -0.4 is 9.80 Å². The lowest BCUT2D eigenvalue weighted by Crippen LogP contribution is -3.28. The van der Waals surface area contributed by atoms with Crippen molar-refractivity contribution in [2.45, 2.75) is 13.0 Å². The molecule has 0 amide bonds. The molecule has 1 aliphatic carbocycles. The SMILES string of the molecule is C=C(C)C[NH+]1CC[NH+](C[C@H](O)CON=C2c3ccccc3-c3ccccc32)CC1. The van der Waals surface area contributed by atoms with Crippen LogP contribution in [0.15, 0.2) is 65.8 Å². The summed E-state index contributed by atoms with van der Waals surface area (Å²) in [6.45, 7) is 12.5. The summed E-state index contributed by atoms with van der Waals surface area (Å²) in [6.07, 6.45) is -0.510. The molecule has 5 nitrogen and oxygen atoms in total. The van der Waals surface area contributed by atoms with Crippen LogP contribution in [0.4, 0.5) is 0 Å². The van der Waals surface area contributed by atoms with Crippen molar-refractivity contribution < 1.29 is 19.7 Å². The summed E-state index contributed by atoms with van der Waals surface area (Å²) < 4.78 is 0. The van der Waals surface area contributed by atoms with Crippen LogP contribution in [-0.2, 0) is 4.84 Å². The van der Waals surface area contributed by atoms with Crippen LogP contribution >= 0.6 is 0 Å². The molecule has 1 saturated heterocycles. The molecule has 0 saturated carbocycles. The normalized spacial score (nSPS) is 21.2. The van der Waals surface area contributed by atoms with Gasteiger partial charge < -0.3 is 19.7 Å². The zero-order chi connectivity index (χ0) is 20.2. The number of aliphatic hydroxyl groups is 1. The van der Waals surface area contributed by atoms with E-state index in [-0.39, 0.29) is 6.61 Å². The Morgan fingerprint density at radius 3 is 2.03 bits per heavy atom. The summed E-state index contributed by atoms with van der Waals surface area (Å²) in [5, 5.41) is 14.9. The van der Waals surface area contributed by atoms with E-state index in [4.69, 9.17) is 4.84 Å². The van der Waals surface area contributed by atoms with E-state index in [1.54, 1.807) is 4.90 Å². The number of hydrogen-bond donors (Lipinski definition) is 3. The molecule has 152 valence electrons. The average molecular weight is 394 g/mol. The second-order valence-electron chi connectivity index (χ2n) is 8.32. The van der Waals surface area contributed by atoms with E-state index < -0.39 is 6.10 Å². The van der Waals surface area contributed by atoms with Gasteiger partial charge in [-0.15, -0.1) is 0 Å². The van der Waals surface area contributed by atoms with E-state index >= 15 is 0 Å². The third kappa shape index (κ3) is 4.58. The summed E-state index contributed by atoms with van der Waals surface area (Å²) in [4.78, 5) is 8.65. The largest absolute Gasteiger partial charge is 0.392 e. The molecule has 0 spiro atoms. The number of benzene rings is 2. The van der Waals surface area contributed by atoms with E-state index in [1.165, 1.54) is 21.6 Å². The summed E-state index contributed by atoms with van der Waals surface area (Å²) in [5.74, 6) is 0. The van der Waals surface area contributed by atoms with Crippen LogP contribution in [0.3, 0.4) is 0 Å². The van der Waals surface area contributed by atoms with Gasteiger partial charge in [-0.3, -0.25) is 0 Å². The van der Waals surface area contributed by atoms with Gasteiger partial charge in [-0.05, 0) is 23.6 Å². The summed E-state index contributed by atoms with van der Waals surface area (Å²) >= 11 is 0. The van der Waals surface area contributed by atoms with Gasteiger partial charge in [-0.25, -0.2) is 0 Å². The van der Waals surface area contributed by atoms with E-state index in [9.17, 15) is 5.11 Å². The molecule has 2 aromatic rings. The Balaban J connectivity index is 1.32. The second kappa shape index (κ2) is 8.91. The number of rotatable bonds is 7. The minimum absolute atomic E-state index is 0.222. The first-order chi connectivity index (χ1) is 14.1. The molecule has 0 bridgehead atoms. The number of nitrogens with zero attached hydrogens (tertiary/aromatic N) is 1. The molecule has 5 heteroatoms. The number of hydrogen-bond acceptors (Lipinski definition) is 3. The van der Waals surface area contributed by atoms with E-state index in [0.29, 0.717) is 6.54 Å². The third-order valence-corrected chi connectivity index (χ3v) is 5.82. The van der Waals surface area contributed by atoms with E-state index in [2.05, 4.69) is 42.9 Å². The Morgan fingerprint density at radius 2 is 1.48 bits per heavy atom. The lowest BCUT2D eigenvalue weighted by Gasteiger charge is -2.30. The molecule has 2 aliphatic rings. The fourth-order valence-electron chi connectivity index (χ4n) is 4.44. The third-order valence-electron chi connectivity index (χ3n) is 5.82. The molecular formula is C24H31N3O2+2. The lowest BCUT2D eigenvalue weighted by atomic mass is 10.1. The summed E-state index contributed by atoms with van der Waals surface area (Å²) in [5.41, 5.74) is 6.64. The van der Waals surface area contributed by atoms with Crippen molar-refractivity contribution in [2.75, 3.05) is 45.9 Å². The van der Waals surface area contributed by atoms with Crippen molar-refractivity contribution in [3.8, 4) is 11.1 Å². The van der Waals surface area contributed by atoms with Gasteiger partial charge >= 0.3 is 0 Å². The van der Waals surface area contributed by atoms with Crippen molar-refractivity contribution in [2.24, 2.45) is 5.16 Å². The maximum Gasteiger partial charge on any atom is 0.148 e. The number of fused-ring (bicyclic) bond motifs is 3. The number of piperazine rings is 1. The highest BCUT2D eigenvalue weighted by atomic mass is 16.6. The molecule has 0 radical (unpaired) electrons. The maximum absolute atomic E-state index is 10.4. The molecule has 4 rings (SSSR count). The molecule has 1 atom stereocenters. The Labute approximate surface area is 172 Å². The predicted molar refractivity (Wildman–Crippen MR) is 115 cm³/mol. The van der Waals surface area contributed by atoms with Crippen LogP contribution in [0, 0.1) is 0 Å². The smallest absolute Gasteiger partial charge is 0.148 e. The fourth-order valence-corrected chi connectivity index (χ4v) is 4.44. The highest BCUT2D eigenvalue weighted by Gasteiger charge is 2.26. The van der Waals surface area contributed by atoms with Crippen molar-refractivity contribution in [3.63, 3.8) is 0 Å². The molecule has 2 aromatic carbocycles. The van der Waals surface area contributed by atoms with Gasteiger partial charge in [0, 0.05) is 11.1 Å². The van der Waals surface area contributed by atoms with Crippen LogP contribution in [0.2, 0.25) is 0 Å². The Hall–Kier alpha value is -2.47. The first-order valence-corrected chi connectivity index (χ1v) is 10.5. The van der Waals surface area contributed by atoms with Crippen molar-refractivity contribution >= 4 is 5.71 Å². The average Bonchev–Trinajstić information content (AvgIpc) is 3.03. The van der Waals surface area contributed by atoms with Crippen LogP contribution in [0.1, 0.15) is 18.1 Å². The molecule has 1 fully saturated rings. The predicted octanol–water partition coefficient (Wildman–Crippen LogP) is 0.156. The van der Waals surface area contributed by atoms with Gasteiger partial charge in [0.1, 0.15) is 51.1 Å². The first kappa shape index (κ1) is 19.8. The van der Waals surface area contributed by atoms with Gasteiger partial charge in [0.05, 0.1) is 6.54 Å². The van der Waals surface area contributed by atoms with E-state index in [0.717, 1.165) is 49.6 Å². The van der Waals surface area contributed by atoms with Gasteiger partial charge in [0.25, 0.3) is 0 Å². The molecule has 29 heavy (non-hydrogen) atoms. The quantitative estimate of drug-likeness (QED) is 0.396.